The van der Waals surface area contributed by atoms with Crippen molar-refractivity contribution in [3.63, 3.8) is 0 Å². The normalized spacial score (nSPS) is 18.2. The van der Waals surface area contributed by atoms with Crippen molar-refractivity contribution in [2.45, 2.75) is 442 Å². The molecule has 1 heterocycles. The summed E-state index contributed by atoms with van der Waals surface area (Å²) in [6, 6.07) is -0.717. The van der Waals surface area contributed by atoms with E-state index in [2.05, 4.69) is 31.3 Å². The highest BCUT2D eigenvalue weighted by Gasteiger charge is 2.44. The molecule has 0 saturated carbocycles. The number of hydrogen-bond donors (Lipinski definition) is 6. The first-order chi connectivity index (χ1) is 40.8. The first-order valence-corrected chi connectivity index (χ1v) is 37.4. The van der Waals surface area contributed by atoms with E-state index in [0.29, 0.717) is 12.8 Å². The van der Waals surface area contributed by atoms with Gasteiger partial charge >= 0.3 is 0 Å². The van der Waals surface area contributed by atoms with Crippen LogP contribution in [0, 0.1) is 0 Å². The topological polar surface area (TPSA) is 149 Å². The number of aliphatic hydroxyl groups excluding tert-OH is 5. The molecule has 9 nitrogen and oxygen atoms in total. The summed E-state index contributed by atoms with van der Waals surface area (Å²) in [5.41, 5.74) is 0. The number of aliphatic hydroxyl groups is 5. The highest BCUT2D eigenvalue weighted by Crippen LogP contribution is 2.24. The number of carbonyl (C=O) groups is 1. The molecule has 0 spiro atoms. The van der Waals surface area contributed by atoms with Crippen LogP contribution in [0.15, 0.2) is 12.2 Å². The molecule has 0 aliphatic carbocycles. The van der Waals surface area contributed by atoms with Crippen LogP contribution in [-0.2, 0) is 14.3 Å². The van der Waals surface area contributed by atoms with Gasteiger partial charge in [0.05, 0.1) is 25.4 Å². The van der Waals surface area contributed by atoms with Crippen LogP contribution in [0.1, 0.15) is 399 Å². The number of amides is 1. The van der Waals surface area contributed by atoms with Gasteiger partial charge in [0.25, 0.3) is 0 Å². The Bertz CT molecular complexity index is 1320. The molecule has 7 atom stereocenters. The minimum atomic E-state index is -1.55. The number of nitrogens with one attached hydrogen (secondary N) is 1. The molecular formula is C74H145NO8. The highest BCUT2D eigenvalue weighted by atomic mass is 16.7. The average molecular weight is 1180 g/mol. The standard InChI is InChI=1S/C74H145NO8/c1-3-5-7-9-11-13-15-17-19-21-23-25-27-29-30-31-32-33-34-35-36-37-38-40-42-44-46-48-50-52-54-56-58-60-62-64-70(78)75-67(66-82-74-73(81)72(80)71(79)69(65-76)83-74)68(77)63-61-59-57-55-53-51-49-47-45-43-41-39-28-26-24-22-20-18-16-14-12-10-8-6-4-2/h21,23,67-69,71-74,76-77,79-81H,3-20,22,24-66H2,1-2H3,(H,75,78)/b23-21-. The van der Waals surface area contributed by atoms with E-state index < -0.39 is 49.5 Å². The Morgan fingerprint density at radius 2 is 0.675 bits per heavy atom. The van der Waals surface area contributed by atoms with Crippen LogP contribution in [0.5, 0.6) is 0 Å². The summed E-state index contributed by atoms with van der Waals surface area (Å²) < 4.78 is 11.4. The number of ether oxygens (including phenoxy) is 2. The van der Waals surface area contributed by atoms with Gasteiger partial charge in [0.1, 0.15) is 24.4 Å². The Hall–Kier alpha value is -1.07. The van der Waals surface area contributed by atoms with Crippen molar-refractivity contribution in [1.82, 2.24) is 5.32 Å². The molecule has 1 amide bonds. The van der Waals surface area contributed by atoms with Crippen molar-refractivity contribution in [3.05, 3.63) is 12.2 Å². The zero-order valence-corrected chi connectivity index (χ0v) is 55.5. The third-order valence-corrected chi connectivity index (χ3v) is 18.4. The largest absolute Gasteiger partial charge is 0.394 e. The predicted molar refractivity (Wildman–Crippen MR) is 355 cm³/mol. The lowest BCUT2D eigenvalue weighted by Crippen LogP contribution is -2.60. The summed E-state index contributed by atoms with van der Waals surface area (Å²) in [7, 11) is 0. The molecule has 1 saturated heterocycles. The third-order valence-electron chi connectivity index (χ3n) is 18.4. The van der Waals surface area contributed by atoms with Crippen molar-refractivity contribution in [1.29, 1.82) is 0 Å². The van der Waals surface area contributed by atoms with Gasteiger partial charge in [-0.15, -0.1) is 0 Å². The van der Waals surface area contributed by atoms with Crippen LogP contribution in [0.3, 0.4) is 0 Å². The summed E-state index contributed by atoms with van der Waals surface area (Å²) in [5, 5.41) is 55.0. The molecule has 6 N–H and O–H groups in total. The maximum absolute atomic E-state index is 13.2. The van der Waals surface area contributed by atoms with Gasteiger partial charge in [0, 0.05) is 6.42 Å². The van der Waals surface area contributed by atoms with Gasteiger partial charge in [-0.3, -0.25) is 4.79 Å². The lowest BCUT2D eigenvalue weighted by Gasteiger charge is -2.40. The first-order valence-electron chi connectivity index (χ1n) is 37.4. The molecule has 1 rings (SSSR count). The molecule has 0 radical (unpaired) electrons. The number of carbonyl (C=O) groups excluding carboxylic acids is 1. The third kappa shape index (κ3) is 52.6. The number of rotatable bonds is 67. The molecule has 0 aromatic carbocycles. The van der Waals surface area contributed by atoms with Crippen molar-refractivity contribution in [2.24, 2.45) is 0 Å². The fourth-order valence-corrected chi connectivity index (χ4v) is 12.5. The Labute approximate surface area is 516 Å². The fraction of sp³-hybridized carbons (Fsp3) is 0.959. The van der Waals surface area contributed by atoms with Gasteiger partial charge < -0.3 is 40.3 Å². The van der Waals surface area contributed by atoms with Crippen molar-refractivity contribution in [3.8, 4) is 0 Å². The Morgan fingerprint density at radius 3 is 0.976 bits per heavy atom. The van der Waals surface area contributed by atoms with E-state index in [0.717, 1.165) is 38.5 Å². The maximum atomic E-state index is 13.2. The van der Waals surface area contributed by atoms with Crippen LogP contribution >= 0.6 is 0 Å². The predicted octanol–water partition coefficient (Wildman–Crippen LogP) is 20.7. The second-order valence-corrected chi connectivity index (χ2v) is 26.5. The van der Waals surface area contributed by atoms with E-state index in [-0.39, 0.29) is 12.5 Å². The molecule has 9 heteroatoms. The summed E-state index contributed by atoms with van der Waals surface area (Å²) in [6.07, 6.45) is 75.9. The van der Waals surface area contributed by atoms with Crippen LogP contribution in [-0.4, -0.2) is 87.5 Å². The van der Waals surface area contributed by atoms with Gasteiger partial charge in [-0.1, -0.05) is 366 Å². The SMILES string of the molecule is CCCCCCCCCC/C=C\CCCCCCCCCCCCCCCCCCCCCCCCCC(=O)NC(COC1OC(CO)C(O)C(O)C1O)C(O)CCCCCCCCCCCCCCCCCCCCCCCCCCC. The van der Waals surface area contributed by atoms with Crippen LogP contribution in [0.25, 0.3) is 0 Å². The second kappa shape index (κ2) is 63.9. The van der Waals surface area contributed by atoms with E-state index in [1.807, 2.05) is 0 Å². The number of unbranched alkanes of at least 4 members (excludes halogenated alkanes) is 55. The first kappa shape index (κ1) is 79.9. The Balaban J connectivity index is 2.06. The average Bonchev–Trinajstić information content (AvgIpc) is 3.60. The van der Waals surface area contributed by atoms with Crippen molar-refractivity contribution >= 4 is 5.91 Å². The minimum Gasteiger partial charge on any atom is -0.394 e. The van der Waals surface area contributed by atoms with E-state index >= 15 is 0 Å². The van der Waals surface area contributed by atoms with Gasteiger partial charge in [-0.25, -0.2) is 0 Å². The maximum Gasteiger partial charge on any atom is 0.220 e. The zero-order valence-electron chi connectivity index (χ0n) is 55.5. The van der Waals surface area contributed by atoms with E-state index in [1.54, 1.807) is 0 Å². The van der Waals surface area contributed by atoms with Gasteiger partial charge in [-0.05, 0) is 38.5 Å². The van der Waals surface area contributed by atoms with Crippen molar-refractivity contribution < 1.29 is 39.8 Å². The smallest absolute Gasteiger partial charge is 0.220 e. The zero-order chi connectivity index (χ0) is 60.0. The van der Waals surface area contributed by atoms with Crippen LogP contribution < -0.4 is 5.32 Å². The molecule has 83 heavy (non-hydrogen) atoms. The summed E-state index contributed by atoms with van der Waals surface area (Å²) >= 11 is 0. The van der Waals surface area contributed by atoms with Crippen LogP contribution in [0.2, 0.25) is 0 Å². The van der Waals surface area contributed by atoms with Gasteiger partial charge in [-0.2, -0.15) is 0 Å². The summed E-state index contributed by atoms with van der Waals surface area (Å²) in [6.45, 7) is 3.91. The van der Waals surface area contributed by atoms with E-state index in [1.165, 1.54) is 334 Å². The number of hydrogen-bond acceptors (Lipinski definition) is 8. The van der Waals surface area contributed by atoms with Crippen LogP contribution in [0.4, 0.5) is 0 Å². The lowest BCUT2D eigenvalue weighted by molar-refractivity contribution is -0.302. The molecule has 0 aromatic heterocycles. The molecule has 494 valence electrons. The number of allylic oxidation sites excluding steroid dienone is 2. The summed E-state index contributed by atoms with van der Waals surface area (Å²) in [5.74, 6) is -0.133. The molecule has 7 unspecified atom stereocenters. The highest BCUT2D eigenvalue weighted by molar-refractivity contribution is 5.76. The molecule has 1 aliphatic rings. The monoisotopic (exact) mass is 1180 g/mol. The molecule has 0 bridgehead atoms. The van der Waals surface area contributed by atoms with E-state index in [9.17, 15) is 30.3 Å². The Kier molecular flexibility index (Phi) is 61.6. The molecule has 1 aliphatic heterocycles. The summed E-state index contributed by atoms with van der Waals surface area (Å²) in [4.78, 5) is 13.2. The Morgan fingerprint density at radius 1 is 0.398 bits per heavy atom. The second-order valence-electron chi connectivity index (χ2n) is 26.5. The van der Waals surface area contributed by atoms with Crippen molar-refractivity contribution in [2.75, 3.05) is 13.2 Å². The van der Waals surface area contributed by atoms with Gasteiger partial charge in [0.15, 0.2) is 6.29 Å². The minimum absolute atomic E-state index is 0.131. The van der Waals surface area contributed by atoms with E-state index in [4.69, 9.17) is 9.47 Å². The quantitative estimate of drug-likeness (QED) is 0.0261. The molecule has 1 fully saturated rings. The fourth-order valence-electron chi connectivity index (χ4n) is 12.5. The molecule has 0 aromatic rings. The lowest BCUT2D eigenvalue weighted by atomic mass is 9.99. The van der Waals surface area contributed by atoms with Gasteiger partial charge in [0.2, 0.25) is 5.91 Å². The molecular weight excluding hydrogens is 1030 g/mol.